The van der Waals surface area contributed by atoms with E-state index in [0.29, 0.717) is 0 Å². The van der Waals surface area contributed by atoms with Crippen molar-refractivity contribution in [2.45, 2.75) is 65.3 Å². The number of hydrogen-bond acceptors (Lipinski definition) is 1. The van der Waals surface area contributed by atoms with Gasteiger partial charge in [-0.1, -0.05) is 77.9 Å². The predicted octanol–water partition coefficient (Wildman–Crippen LogP) is 5.77. The van der Waals surface area contributed by atoms with E-state index in [0.717, 1.165) is 11.1 Å². The summed E-state index contributed by atoms with van der Waals surface area (Å²) in [6.07, 6.45) is 0. The van der Waals surface area contributed by atoms with Crippen LogP contribution in [0, 0.1) is 0 Å². The maximum Gasteiger partial charge on any atom is 0.251 e. The fourth-order valence-electron chi connectivity index (χ4n) is 2.73. The molecule has 1 atom stereocenters. The van der Waals surface area contributed by atoms with Crippen LogP contribution < -0.4 is 5.32 Å². The number of rotatable bonds is 3. The highest BCUT2D eigenvalue weighted by molar-refractivity contribution is 5.95. The number of benzene rings is 2. The van der Waals surface area contributed by atoms with Gasteiger partial charge in [-0.2, -0.15) is 0 Å². The standard InChI is InChI=1S/C23H31NO/c1-16(17-11-9-8-10-12-17)24-21(25)18-13-19(22(2,3)4)15-20(14-18)23(5,6)7/h8-16H,1-7H3,(H,24,25)/t16-/m1/s1. The Morgan fingerprint density at radius 3 is 1.76 bits per heavy atom. The smallest absolute Gasteiger partial charge is 0.251 e. The summed E-state index contributed by atoms with van der Waals surface area (Å²) in [6, 6.07) is 16.3. The van der Waals surface area contributed by atoms with Gasteiger partial charge in [0, 0.05) is 5.56 Å². The molecule has 134 valence electrons. The van der Waals surface area contributed by atoms with Gasteiger partial charge in [0.15, 0.2) is 0 Å². The van der Waals surface area contributed by atoms with E-state index in [4.69, 9.17) is 0 Å². The SMILES string of the molecule is C[C@@H](NC(=O)c1cc(C(C)(C)C)cc(C(C)(C)C)c1)c1ccccc1. The third-order valence-electron chi connectivity index (χ3n) is 4.57. The van der Waals surface area contributed by atoms with Gasteiger partial charge in [0.25, 0.3) is 5.91 Å². The molecule has 0 fully saturated rings. The van der Waals surface area contributed by atoms with E-state index in [1.54, 1.807) is 0 Å². The van der Waals surface area contributed by atoms with Gasteiger partial charge in [-0.05, 0) is 46.6 Å². The Balaban J connectivity index is 2.35. The molecule has 1 N–H and O–H groups in total. The van der Waals surface area contributed by atoms with E-state index in [-0.39, 0.29) is 22.8 Å². The van der Waals surface area contributed by atoms with Crippen LogP contribution in [-0.2, 0) is 10.8 Å². The largest absolute Gasteiger partial charge is 0.346 e. The van der Waals surface area contributed by atoms with Crippen molar-refractivity contribution < 1.29 is 4.79 Å². The molecule has 2 heteroatoms. The topological polar surface area (TPSA) is 29.1 Å². The minimum absolute atomic E-state index is 0.00133. The molecular weight excluding hydrogens is 306 g/mol. The Morgan fingerprint density at radius 1 is 0.840 bits per heavy atom. The number of nitrogens with one attached hydrogen (secondary N) is 1. The van der Waals surface area contributed by atoms with E-state index in [9.17, 15) is 4.79 Å². The third-order valence-corrected chi connectivity index (χ3v) is 4.57. The summed E-state index contributed by atoms with van der Waals surface area (Å²) in [5.74, 6) is -0.0204. The van der Waals surface area contributed by atoms with Gasteiger partial charge in [-0.25, -0.2) is 0 Å². The lowest BCUT2D eigenvalue weighted by Crippen LogP contribution is -2.28. The fraction of sp³-hybridized carbons (Fsp3) is 0.435. The Labute approximate surface area is 152 Å². The molecule has 0 spiro atoms. The van der Waals surface area contributed by atoms with E-state index in [2.05, 4.69) is 52.9 Å². The summed E-state index contributed by atoms with van der Waals surface area (Å²) >= 11 is 0. The lowest BCUT2D eigenvalue weighted by Gasteiger charge is -2.26. The van der Waals surface area contributed by atoms with Crippen LogP contribution in [0.1, 0.15) is 81.6 Å². The second-order valence-electron chi connectivity index (χ2n) is 8.90. The molecular formula is C23H31NO. The average molecular weight is 338 g/mol. The second kappa shape index (κ2) is 7.03. The number of hydrogen-bond donors (Lipinski definition) is 1. The summed E-state index contributed by atoms with van der Waals surface area (Å²) < 4.78 is 0. The maximum absolute atomic E-state index is 12.9. The van der Waals surface area contributed by atoms with Crippen molar-refractivity contribution in [3.63, 3.8) is 0 Å². The zero-order chi connectivity index (χ0) is 18.8. The molecule has 0 radical (unpaired) electrons. The summed E-state index contributed by atoms with van der Waals surface area (Å²) in [4.78, 5) is 12.9. The number of carbonyl (C=O) groups excluding carboxylic acids is 1. The van der Waals surface area contributed by atoms with Gasteiger partial charge in [0.1, 0.15) is 0 Å². The van der Waals surface area contributed by atoms with Crippen LogP contribution >= 0.6 is 0 Å². The molecule has 0 aliphatic carbocycles. The number of amides is 1. The van der Waals surface area contributed by atoms with Gasteiger partial charge >= 0.3 is 0 Å². The van der Waals surface area contributed by atoms with Crippen molar-refractivity contribution in [2.24, 2.45) is 0 Å². The normalized spacial score (nSPS) is 13.4. The molecule has 0 unspecified atom stereocenters. The van der Waals surface area contributed by atoms with Gasteiger partial charge < -0.3 is 5.32 Å². The summed E-state index contributed by atoms with van der Waals surface area (Å²) in [7, 11) is 0. The molecule has 0 heterocycles. The van der Waals surface area contributed by atoms with Gasteiger partial charge in [0.05, 0.1) is 6.04 Å². The maximum atomic E-state index is 12.9. The molecule has 0 saturated heterocycles. The monoisotopic (exact) mass is 337 g/mol. The average Bonchev–Trinajstić information content (AvgIpc) is 2.53. The van der Waals surface area contributed by atoms with Crippen LogP contribution in [0.5, 0.6) is 0 Å². The molecule has 1 amide bonds. The molecule has 0 aliphatic rings. The Hall–Kier alpha value is -2.09. The molecule has 0 saturated carbocycles. The Morgan fingerprint density at radius 2 is 1.32 bits per heavy atom. The Bertz CT molecular complexity index is 701. The van der Waals surface area contributed by atoms with Crippen molar-refractivity contribution in [2.75, 3.05) is 0 Å². The second-order valence-corrected chi connectivity index (χ2v) is 8.90. The first-order valence-corrected chi connectivity index (χ1v) is 9.00. The van der Waals surface area contributed by atoms with E-state index < -0.39 is 0 Å². The molecule has 0 bridgehead atoms. The van der Waals surface area contributed by atoms with Crippen LogP contribution in [0.3, 0.4) is 0 Å². The van der Waals surface area contributed by atoms with E-state index >= 15 is 0 Å². The van der Waals surface area contributed by atoms with Gasteiger partial charge in [-0.15, -0.1) is 0 Å². The quantitative estimate of drug-likeness (QED) is 0.756. The molecule has 2 nitrogen and oxygen atoms in total. The Kier molecular flexibility index (Phi) is 5.41. The zero-order valence-electron chi connectivity index (χ0n) is 16.6. The predicted molar refractivity (Wildman–Crippen MR) is 106 cm³/mol. The highest BCUT2D eigenvalue weighted by Crippen LogP contribution is 2.30. The summed E-state index contributed by atoms with van der Waals surface area (Å²) in [5, 5.41) is 3.13. The molecule has 2 rings (SSSR count). The minimum Gasteiger partial charge on any atom is -0.346 e. The molecule has 2 aromatic rings. The van der Waals surface area contributed by atoms with Crippen molar-refractivity contribution in [3.8, 4) is 0 Å². The first kappa shape index (κ1) is 19.2. The van der Waals surface area contributed by atoms with Crippen molar-refractivity contribution in [3.05, 3.63) is 70.8 Å². The summed E-state index contributed by atoms with van der Waals surface area (Å²) in [5.41, 5.74) is 4.23. The van der Waals surface area contributed by atoms with Crippen LogP contribution in [0.2, 0.25) is 0 Å². The van der Waals surface area contributed by atoms with E-state index in [1.807, 2.05) is 49.4 Å². The fourth-order valence-corrected chi connectivity index (χ4v) is 2.73. The first-order chi connectivity index (χ1) is 11.5. The van der Waals surface area contributed by atoms with Gasteiger partial charge in [-0.3, -0.25) is 4.79 Å². The van der Waals surface area contributed by atoms with Crippen molar-refractivity contribution >= 4 is 5.91 Å². The van der Waals surface area contributed by atoms with Crippen molar-refractivity contribution in [1.82, 2.24) is 5.32 Å². The molecule has 0 aliphatic heterocycles. The van der Waals surface area contributed by atoms with Gasteiger partial charge in [0.2, 0.25) is 0 Å². The zero-order valence-corrected chi connectivity index (χ0v) is 16.6. The van der Waals surface area contributed by atoms with Crippen LogP contribution in [0.25, 0.3) is 0 Å². The molecule has 2 aromatic carbocycles. The van der Waals surface area contributed by atoms with Crippen molar-refractivity contribution in [1.29, 1.82) is 0 Å². The minimum atomic E-state index is -0.0231. The van der Waals surface area contributed by atoms with Crippen LogP contribution in [-0.4, -0.2) is 5.91 Å². The highest BCUT2D eigenvalue weighted by atomic mass is 16.1. The number of carbonyl (C=O) groups is 1. The molecule has 0 aromatic heterocycles. The third kappa shape index (κ3) is 4.94. The lowest BCUT2D eigenvalue weighted by atomic mass is 9.79. The lowest BCUT2D eigenvalue weighted by molar-refractivity contribution is 0.0939. The van der Waals surface area contributed by atoms with Crippen LogP contribution in [0.15, 0.2) is 48.5 Å². The molecule has 25 heavy (non-hydrogen) atoms. The highest BCUT2D eigenvalue weighted by Gasteiger charge is 2.22. The van der Waals surface area contributed by atoms with Crippen LogP contribution in [0.4, 0.5) is 0 Å². The summed E-state index contributed by atoms with van der Waals surface area (Å²) in [6.45, 7) is 15.1. The first-order valence-electron chi connectivity index (χ1n) is 9.00. The van der Waals surface area contributed by atoms with E-state index in [1.165, 1.54) is 11.1 Å².